The van der Waals surface area contributed by atoms with Gasteiger partial charge in [-0.1, -0.05) is 24.3 Å². The number of ether oxygens (including phenoxy) is 1. The molecule has 2 atom stereocenters. The minimum atomic E-state index is 0.322. The molecule has 0 aliphatic carbocycles. The third-order valence-corrected chi connectivity index (χ3v) is 5.20. The summed E-state index contributed by atoms with van der Waals surface area (Å²) in [6.07, 6.45) is 5.53. The molecule has 1 aliphatic heterocycles. The van der Waals surface area contributed by atoms with E-state index in [0.29, 0.717) is 18.8 Å². The maximum atomic E-state index is 5.82. The van der Waals surface area contributed by atoms with Crippen molar-refractivity contribution >= 4 is 5.96 Å². The standard InChI is InChI=1S/C23H36N6O/c1-4-24-23(25-11-7-13-28-16-19(2)30-20(3)17-28)26-15-21-9-5-6-10-22(21)18-29-14-8-12-27-29/h5-6,8-10,12,14,19-20H,4,7,11,13,15-18H2,1-3H3,(H2,24,25,26). The molecule has 1 aliphatic rings. The lowest BCUT2D eigenvalue weighted by Gasteiger charge is -2.35. The zero-order chi connectivity index (χ0) is 21.2. The molecule has 0 radical (unpaired) electrons. The average molecular weight is 413 g/mol. The highest BCUT2D eigenvalue weighted by Crippen LogP contribution is 2.12. The van der Waals surface area contributed by atoms with Crippen molar-refractivity contribution in [2.75, 3.05) is 32.7 Å². The van der Waals surface area contributed by atoms with Crippen molar-refractivity contribution < 1.29 is 4.74 Å². The van der Waals surface area contributed by atoms with Gasteiger partial charge in [0.25, 0.3) is 0 Å². The topological polar surface area (TPSA) is 66.7 Å². The molecule has 2 unspecified atom stereocenters. The maximum absolute atomic E-state index is 5.82. The number of aromatic nitrogens is 2. The van der Waals surface area contributed by atoms with Gasteiger partial charge in [0.1, 0.15) is 0 Å². The quantitative estimate of drug-likeness (QED) is 0.376. The summed E-state index contributed by atoms with van der Waals surface area (Å²) in [6.45, 7) is 12.7. The molecule has 3 rings (SSSR count). The second-order valence-corrected chi connectivity index (χ2v) is 7.96. The molecule has 1 aromatic carbocycles. The fourth-order valence-corrected chi connectivity index (χ4v) is 3.92. The van der Waals surface area contributed by atoms with E-state index in [0.717, 1.165) is 51.6 Å². The van der Waals surface area contributed by atoms with Gasteiger partial charge in [-0.25, -0.2) is 4.99 Å². The second-order valence-electron chi connectivity index (χ2n) is 7.96. The summed E-state index contributed by atoms with van der Waals surface area (Å²) >= 11 is 0. The molecule has 2 heterocycles. The van der Waals surface area contributed by atoms with Gasteiger partial charge in [0.2, 0.25) is 0 Å². The van der Waals surface area contributed by atoms with Crippen LogP contribution in [0.3, 0.4) is 0 Å². The van der Waals surface area contributed by atoms with Crippen LogP contribution in [0, 0.1) is 0 Å². The monoisotopic (exact) mass is 412 g/mol. The molecule has 2 aromatic rings. The number of nitrogens with one attached hydrogen (secondary N) is 2. The highest BCUT2D eigenvalue weighted by Gasteiger charge is 2.21. The van der Waals surface area contributed by atoms with Gasteiger partial charge < -0.3 is 15.4 Å². The number of rotatable bonds is 9. The zero-order valence-electron chi connectivity index (χ0n) is 18.6. The van der Waals surface area contributed by atoms with Crippen LogP contribution >= 0.6 is 0 Å². The molecule has 7 heteroatoms. The zero-order valence-corrected chi connectivity index (χ0v) is 18.6. The van der Waals surface area contributed by atoms with Gasteiger partial charge in [-0.05, 0) is 44.4 Å². The molecule has 1 fully saturated rings. The molecule has 164 valence electrons. The van der Waals surface area contributed by atoms with E-state index < -0.39 is 0 Å². The van der Waals surface area contributed by atoms with Crippen molar-refractivity contribution in [1.29, 1.82) is 0 Å². The lowest BCUT2D eigenvalue weighted by atomic mass is 10.1. The summed E-state index contributed by atoms with van der Waals surface area (Å²) in [5, 5.41) is 11.2. The van der Waals surface area contributed by atoms with Crippen molar-refractivity contribution in [2.45, 2.75) is 52.5 Å². The fourth-order valence-electron chi connectivity index (χ4n) is 3.92. The third-order valence-electron chi connectivity index (χ3n) is 5.20. The Hall–Kier alpha value is -2.38. The van der Waals surface area contributed by atoms with Crippen LogP contribution in [0.2, 0.25) is 0 Å². The van der Waals surface area contributed by atoms with E-state index in [9.17, 15) is 0 Å². The smallest absolute Gasteiger partial charge is 0.191 e. The van der Waals surface area contributed by atoms with Crippen LogP contribution in [-0.4, -0.2) is 65.6 Å². The van der Waals surface area contributed by atoms with Crippen molar-refractivity contribution in [1.82, 2.24) is 25.3 Å². The molecular formula is C23H36N6O. The van der Waals surface area contributed by atoms with Crippen LogP contribution in [0.4, 0.5) is 0 Å². The molecule has 0 spiro atoms. The first kappa shape index (κ1) is 22.3. The third kappa shape index (κ3) is 7.15. The van der Waals surface area contributed by atoms with E-state index in [2.05, 4.69) is 65.7 Å². The lowest BCUT2D eigenvalue weighted by molar-refractivity contribution is -0.0679. The Morgan fingerprint density at radius 2 is 1.90 bits per heavy atom. The lowest BCUT2D eigenvalue weighted by Crippen LogP contribution is -2.46. The minimum Gasteiger partial charge on any atom is -0.373 e. The van der Waals surface area contributed by atoms with Gasteiger partial charge in [0.05, 0.1) is 25.3 Å². The van der Waals surface area contributed by atoms with Crippen LogP contribution < -0.4 is 10.6 Å². The van der Waals surface area contributed by atoms with Crippen molar-refractivity contribution in [3.63, 3.8) is 0 Å². The van der Waals surface area contributed by atoms with E-state index in [1.54, 1.807) is 0 Å². The van der Waals surface area contributed by atoms with Crippen LogP contribution in [0.25, 0.3) is 0 Å². The van der Waals surface area contributed by atoms with Gasteiger partial charge in [0, 0.05) is 45.1 Å². The first-order valence-corrected chi connectivity index (χ1v) is 11.1. The Bertz CT molecular complexity index is 766. The minimum absolute atomic E-state index is 0.322. The Labute approximate surface area is 180 Å². The highest BCUT2D eigenvalue weighted by atomic mass is 16.5. The van der Waals surface area contributed by atoms with Crippen molar-refractivity contribution in [3.8, 4) is 0 Å². The van der Waals surface area contributed by atoms with Gasteiger partial charge in [-0.3, -0.25) is 9.58 Å². The van der Waals surface area contributed by atoms with Gasteiger partial charge in [-0.2, -0.15) is 5.10 Å². The molecule has 2 N–H and O–H groups in total. The first-order chi connectivity index (χ1) is 14.6. The Morgan fingerprint density at radius 3 is 2.60 bits per heavy atom. The number of morpholine rings is 1. The second kappa shape index (κ2) is 11.7. The van der Waals surface area contributed by atoms with Gasteiger partial charge in [0.15, 0.2) is 5.96 Å². The number of hydrogen-bond donors (Lipinski definition) is 2. The number of nitrogens with zero attached hydrogens (tertiary/aromatic N) is 4. The van der Waals surface area contributed by atoms with E-state index >= 15 is 0 Å². The van der Waals surface area contributed by atoms with E-state index in [-0.39, 0.29) is 0 Å². The predicted octanol–water partition coefficient (Wildman–Crippen LogP) is 2.49. The summed E-state index contributed by atoms with van der Waals surface area (Å²) in [5.41, 5.74) is 2.47. The SMILES string of the molecule is CCNC(=NCc1ccccc1Cn1cccn1)NCCCN1CC(C)OC(C)C1. The normalized spacial score (nSPS) is 20.3. The summed E-state index contributed by atoms with van der Waals surface area (Å²) < 4.78 is 7.76. The summed E-state index contributed by atoms with van der Waals surface area (Å²) in [4.78, 5) is 7.31. The number of guanidine groups is 1. The van der Waals surface area contributed by atoms with Crippen molar-refractivity contribution in [3.05, 3.63) is 53.9 Å². The van der Waals surface area contributed by atoms with Crippen LogP contribution in [0.15, 0.2) is 47.7 Å². The van der Waals surface area contributed by atoms with E-state index in [4.69, 9.17) is 9.73 Å². The molecule has 0 amide bonds. The molecule has 0 saturated carbocycles. The van der Waals surface area contributed by atoms with Crippen LogP contribution in [-0.2, 0) is 17.8 Å². The maximum Gasteiger partial charge on any atom is 0.191 e. The molecule has 1 saturated heterocycles. The molecule has 0 bridgehead atoms. The number of benzene rings is 1. The average Bonchev–Trinajstić information content (AvgIpc) is 3.22. The molecular weight excluding hydrogens is 376 g/mol. The highest BCUT2D eigenvalue weighted by molar-refractivity contribution is 5.79. The number of aliphatic imine (C=N–C) groups is 1. The summed E-state index contributed by atoms with van der Waals surface area (Å²) in [6, 6.07) is 10.4. The molecule has 7 nitrogen and oxygen atoms in total. The van der Waals surface area contributed by atoms with Crippen LogP contribution in [0.5, 0.6) is 0 Å². The Kier molecular flexibility index (Phi) is 8.71. The van der Waals surface area contributed by atoms with Crippen LogP contribution in [0.1, 0.15) is 38.3 Å². The van der Waals surface area contributed by atoms with Gasteiger partial charge in [-0.15, -0.1) is 0 Å². The van der Waals surface area contributed by atoms with E-state index in [1.807, 2.05) is 23.1 Å². The van der Waals surface area contributed by atoms with E-state index in [1.165, 1.54) is 11.1 Å². The fraction of sp³-hybridized carbons (Fsp3) is 0.565. The van der Waals surface area contributed by atoms with Crippen molar-refractivity contribution in [2.24, 2.45) is 4.99 Å². The number of hydrogen-bond acceptors (Lipinski definition) is 4. The first-order valence-electron chi connectivity index (χ1n) is 11.1. The summed E-state index contributed by atoms with van der Waals surface area (Å²) in [7, 11) is 0. The Morgan fingerprint density at radius 1 is 1.13 bits per heavy atom. The van der Waals surface area contributed by atoms with Gasteiger partial charge >= 0.3 is 0 Å². The largest absolute Gasteiger partial charge is 0.373 e. The Balaban J connectivity index is 1.50. The summed E-state index contributed by atoms with van der Waals surface area (Å²) in [5.74, 6) is 0.870. The molecule has 1 aromatic heterocycles. The molecule has 30 heavy (non-hydrogen) atoms. The predicted molar refractivity (Wildman–Crippen MR) is 122 cm³/mol.